The van der Waals surface area contributed by atoms with Gasteiger partial charge in [-0.05, 0) is 56.2 Å². The molecule has 1 fully saturated rings. The van der Waals surface area contributed by atoms with Crippen molar-refractivity contribution in [3.8, 4) is 5.75 Å². The summed E-state index contributed by atoms with van der Waals surface area (Å²) in [5.74, 6) is 2.31. The lowest BCUT2D eigenvalue weighted by Crippen LogP contribution is -2.38. The molecule has 3 aromatic rings. The Labute approximate surface area is 153 Å². The summed E-state index contributed by atoms with van der Waals surface area (Å²) in [5, 5.41) is 0. The second-order valence-electron chi connectivity index (χ2n) is 6.66. The summed E-state index contributed by atoms with van der Waals surface area (Å²) in [5.41, 5.74) is 2.81. The molecule has 134 valence electrons. The third-order valence-corrected chi connectivity index (χ3v) is 4.99. The first kappa shape index (κ1) is 16.6. The number of para-hydroxylation sites is 2. The van der Waals surface area contributed by atoms with E-state index in [2.05, 4.69) is 11.1 Å². The predicted molar refractivity (Wildman–Crippen MR) is 102 cm³/mol. The van der Waals surface area contributed by atoms with Gasteiger partial charge in [0.1, 0.15) is 11.6 Å². The second kappa shape index (κ2) is 7.20. The molecular weight excluding hydrogens is 326 g/mol. The van der Waals surface area contributed by atoms with Crippen molar-refractivity contribution in [3.05, 3.63) is 59.9 Å². The number of hydrogen-bond donors (Lipinski definition) is 1. The Hall–Kier alpha value is -2.82. The molecule has 1 aromatic heterocycles. The van der Waals surface area contributed by atoms with Crippen LogP contribution in [0.1, 0.15) is 41.9 Å². The van der Waals surface area contributed by atoms with Crippen molar-refractivity contribution in [3.63, 3.8) is 0 Å². The maximum atomic E-state index is 12.7. The molecule has 0 bridgehead atoms. The fraction of sp³-hybridized carbons (Fsp3) is 0.333. The molecule has 26 heavy (non-hydrogen) atoms. The predicted octanol–water partition coefficient (Wildman–Crippen LogP) is 3.98. The minimum absolute atomic E-state index is 0.0936. The molecule has 5 nitrogen and oxygen atoms in total. The number of hydrogen-bond acceptors (Lipinski definition) is 3. The molecule has 0 unspecified atom stereocenters. The minimum Gasteiger partial charge on any atom is -0.494 e. The summed E-state index contributed by atoms with van der Waals surface area (Å²) < 4.78 is 5.44. The van der Waals surface area contributed by atoms with Gasteiger partial charge in [-0.2, -0.15) is 0 Å². The van der Waals surface area contributed by atoms with Crippen molar-refractivity contribution in [2.45, 2.75) is 25.7 Å². The number of imidazole rings is 1. The van der Waals surface area contributed by atoms with Crippen LogP contribution in [0.4, 0.5) is 0 Å². The van der Waals surface area contributed by atoms with Gasteiger partial charge in [0.25, 0.3) is 5.91 Å². The topological polar surface area (TPSA) is 58.2 Å². The number of piperidine rings is 1. The number of ether oxygens (including phenoxy) is 1. The first-order valence-corrected chi connectivity index (χ1v) is 9.21. The lowest BCUT2D eigenvalue weighted by molar-refractivity contribution is 0.0711. The second-order valence-corrected chi connectivity index (χ2v) is 6.66. The Morgan fingerprint density at radius 1 is 1.15 bits per heavy atom. The zero-order valence-corrected chi connectivity index (χ0v) is 14.9. The molecule has 4 rings (SSSR count). The fourth-order valence-corrected chi connectivity index (χ4v) is 3.56. The highest BCUT2D eigenvalue weighted by Crippen LogP contribution is 2.28. The van der Waals surface area contributed by atoms with Crippen LogP contribution in [0.3, 0.4) is 0 Å². The number of fused-ring (bicyclic) bond motifs is 1. The SMILES string of the molecule is CCOc1ccc(C(=O)N2CCC(c3nc4ccccc4[nH]3)CC2)cc1. The smallest absolute Gasteiger partial charge is 0.253 e. The lowest BCUT2D eigenvalue weighted by Gasteiger charge is -2.31. The van der Waals surface area contributed by atoms with Crippen molar-refractivity contribution in [2.75, 3.05) is 19.7 Å². The standard InChI is InChI=1S/C21H23N3O2/c1-2-26-17-9-7-16(8-10-17)21(25)24-13-11-15(12-14-24)20-22-18-5-3-4-6-19(18)23-20/h3-10,15H,2,11-14H2,1H3,(H,22,23). The average Bonchev–Trinajstić information content (AvgIpc) is 3.13. The number of aromatic nitrogens is 2. The Bertz CT molecular complexity index is 860. The van der Waals surface area contributed by atoms with Crippen molar-refractivity contribution in [1.82, 2.24) is 14.9 Å². The van der Waals surface area contributed by atoms with Crippen LogP contribution in [0.15, 0.2) is 48.5 Å². The number of aromatic amines is 1. The normalized spacial score (nSPS) is 15.3. The quantitative estimate of drug-likeness (QED) is 0.775. The van der Waals surface area contributed by atoms with Gasteiger partial charge in [0.15, 0.2) is 0 Å². The number of nitrogens with zero attached hydrogens (tertiary/aromatic N) is 2. The number of nitrogens with one attached hydrogen (secondary N) is 1. The van der Waals surface area contributed by atoms with Gasteiger partial charge in [-0.25, -0.2) is 4.98 Å². The Morgan fingerprint density at radius 2 is 1.88 bits per heavy atom. The van der Waals surface area contributed by atoms with E-state index in [1.165, 1.54) is 0 Å². The van der Waals surface area contributed by atoms with E-state index in [1.807, 2.05) is 54.3 Å². The van der Waals surface area contributed by atoms with E-state index in [0.29, 0.717) is 12.5 Å². The summed E-state index contributed by atoms with van der Waals surface area (Å²) in [7, 11) is 0. The Morgan fingerprint density at radius 3 is 2.58 bits per heavy atom. The van der Waals surface area contributed by atoms with Gasteiger partial charge in [-0.15, -0.1) is 0 Å². The number of carbonyl (C=O) groups excluding carboxylic acids is 1. The number of likely N-dealkylation sites (tertiary alicyclic amines) is 1. The van der Waals surface area contributed by atoms with Crippen LogP contribution in [0, 0.1) is 0 Å². The maximum absolute atomic E-state index is 12.7. The highest BCUT2D eigenvalue weighted by atomic mass is 16.5. The number of benzene rings is 2. The van der Waals surface area contributed by atoms with Crippen LogP contribution in [-0.4, -0.2) is 40.5 Å². The van der Waals surface area contributed by atoms with E-state index in [1.54, 1.807) is 0 Å². The molecule has 1 aliphatic heterocycles. The van der Waals surface area contributed by atoms with E-state index < -0.39 is 0 Å². The van der Waals surface area contributed by atoms with Gasteiger partial charge in [-0.3, -0.25) is 4.79 Å². The van der Waals surface area contributed by atoms with Crippen LogP contribution < -0.4 is 4.74 Å². The van der Waals surface area contributed by atoms with Crippen LogP contribution >= 0.6 is 0 Å². The minimum atomic E-state index is 0.0936. The molecule has 1 aliphatic rings. The average molecular weight is 349 g/mol. The Kier molecular flexibility index (Phi) is 4.61. The molecule has 5 heteroatoms. The largest absolute Gasteiger partial charge is 0.494 e. The van der Waals surface area contributed by atoms with E-state index in [9.17, 15) is 4.79 Å². The molecular formula is C21H23N3O2. The van der Waals surface area contributed by atoms with Crippen LogP contribution in [0.5, 0.6) is 5.75 Å². The highest BCUT2D eigenvalue weighted by Gasteiger charge is 2.26. The highest BCUT2D eigenvalue weighted by molar-refractivity contribution is 5.94. The molecule has 0 atom stereocenters. The maximum Gasteiger partial charge on any atom is 0.253 e. The van der Waals surface area contributed by atoms with Crippen LogP contribution in [0.2, 0.25) is 0 Å². The van der Waals surface area contributed by atoms with Gasteiger partial charge in [0.2, 0.25) is 0 Å². The number of carbonyl (C=O) groups is 1. The van der Waals surface area contributed by atoms with Gasteiger partial charge in [0, 0.05) is 24.6 Å². The molecule has 2 heterocycles. The molecule has 0 spiro atoms. The zero-order chi connectivity index (χ0) is 17.9. The molecule has 1 N–H and O–H groups in total. The molecule has 0 radical (unpaired) electrons. The van der Waals surface area contributed by atoms with Crippen LogP contribution in [0.25, 0.3) is 11.0 Å². The summed E-state index contributed by atoms with van der Waals surface area (Å²) >= 11 is 0. The number of amides is 1. The van der Waals surface area contributed by atoms with E-state index in [4.69, 9.17) is 9.72 Å². The van der Waals surface area contributed by atoms with Gasteiger partial charge < -0.3 is 14.6 Å². The molecule has 1 amide bonds. The zero-order valence-electron chi connectivity index (χ0n) is 14.9. The number of rotatable bonds is 4. The van der Waals surface area contributed by atoms with Crippen molar-refractivity contribution < 1.29 is 9.53 Å². The van der Waals surface area contributed by atoms with Crippen molar-refractivity contribution in [2.24, 2.45) is 0 Å². The van der Waals surface area contributed by atoms with E-state index in [0.717, 1.165) is 54.1 Å². The molecule has 2 aromatic carbocycles. The molecule has 0 saturated carbocycles. The van der Waals surface area contributed by atoms with Crippen molar-refractivity contribution in [1.29, 1.82) is 0 Å². The summed E-state index contributed by atoms with van der Waals surface area (Å²) in [6.07, 6.45) is 1.87. The van der Waals surface area contributed by atoms with Gasteiger partial charge in [-0.1, -0.05) is 12.1 Å². The summed E-state index contributed by atoms with van der Waals surface area (Å²) in [6.45, 7) is 4.09. The lowest BCUT2D eigenvalue weighted by atomic mass is 9.95. The third-order valence-electron chi connectivity index (χ3n) is 4.99. The first-order chi connectivity index (χ1) is 12.7. The van der Waals surface area contributed by atoms with Gasteiger partial charge in [0.05, 0.1) is 17.6 Å². The molecule has 1 saturated heterocycles. The molecule has 0 aliphatic carbocycles. The summed E-state index contributed by atoms with van der Waals surface area (Å²) in [4.78, 5) is 22.8. The monoisotopic (exact) mass is 349 g/mol. The first-order valence-electron chi connectivity index (χ1n) is 9.21. The Balaban J connectivity index is 1.40. The third kappa shape index (κ3) is 3.29. The van der Waals surface area contributed by atoms with Gasteiger partial charge >= 0.3 is 0 Å². The van der Waals surface area contributed by atoms with Crippen LogP contribution in [-0.2, 0) is 0 Å². The van der Waals surface area contributed by atoms with E-state index >= 15 is 0 Å². The summed E-state index contributed by atoms with van der Waals surface area (Å²) in [6, 6.07) is 15.5. The van der Waals surface area contributed by atoms with E-state index in [-0.39, 0.29) is 5.91 Å². The van der Waals surface area contributed by atoms with Crippen molar-refractivity contribution >= 4 is 16.9 Å². The fourth-order valence-electron chi connectivity index (χ4n) is 3.56. The number of H-pyrrole nitrogens is 1.